The normalized spacial score (nSPS) is 10.3. The summed E-state index contributed by atoms with van der Waals surface area (Å²) in [6.07, 6.45) is 0. The van der Waals surface area contributed by atoms with E-state index in [-0.39, 0.29) is 21.9 Å². The van der Waals surface area contributed by atoms with E-state index >= 15 is 0 Å². The molecule has 8 heteroatoms. The molecule has 0 aliphatic rings. The Kier molecular flexibility index (Phi) is 4.85. The van der Waals surface area contributed by atoms with Crippen LogP contribution in [0, 0.1) is 10.1 Å². The predicted octanol–water partition coefficient (Wildman–Crippen LogP) is 4.26. The molecule has 6 nitrogen and oxygen atoms in total. The third-order valence-electron chi connectivity index (χ3n) is 2.73. The number of benzene rings is 2. The van der Waals surface area contributed by atoms with Crippen LogP contribution in [0.2, 0.25) is 10.0 Å². The van der Waals surface area contributed by atoms with Gasteiger partial charge in [0, 0.05) is 15.5 Å². The molecule has 0 bridgehead atoms. The van der Waals surface area contributed by atoms with E-state index in [1.165, 1.54) is 30.3 Å². The van der Waals surface area contributed by atoms with Gasteiger partial charge in [-0.1, -0.05) is 23.2 Å². The van der Waals surface area contributed by atoms with Gasteiger partial charge in [0.1, 0.15) is 11.5 Å². The van der Waals surface area contributed by atoms with Gasteiger partial charge in [0.05, 0.1) is 10.6 Å². The van der Waals surface area contributed by atoms with Crippen LogP contribution < -0.4 is 4.74 Å². The van der Waals surface area contributed by atoms with E-state index in [1.807, 2.05) is 0 Å². The minimum Gasteiger partial charge on any atom is -0.478 e. The lowest BCUT2D eigenvalue weighted by atomic mass is 10.1. The van der Waals surface area contributed by atoms with Gasteiger partial charge < -0.3 is 9.84 Å². The molecule has 0 atom stereocenters. The lowest BCUT2D eigenvalue weighted by Gasteiger charge is -2.10. The maximum absolute atomic E-state index is 11.2. The minimum absolute atomic E-state index is 0.0899. The number of rotatable bonds is 5. The number of nitro groups is 1. The Morgan fingerprint density at radius 2 is 1.95 bits per heavy atom. The van der Waals surface area contributed by atoms with Gasteiger partial charge in [-0.25, -0.2) is 4.79 Å². The van der Waals surface area contributed by atoms with Crippen LogP contribution in [-0.4, -0.2) is 16.0 Å². The number of halogens is 2. The largest absolute Gasteiger partial charge is 0.478 e. The summed E-state index contributed by atoms with van der Waals surface area (Å²) >= 11 is 11.7. The summed E-state index contributed by atoms with van der Waals surface area (Å²) in [5.41, 5.74) is -0.105. The summed E-state index contributed by atoms with van der Waals surface area (Å²) in [7, 11) is 0. The third-order valence-corrected chi connectivity index (χ3v) is 3.26. The monoisotopic (exact) mass is 341 g/mol. The van der Waals surface area contributed by atoms with E-state index in [0.29, 0.717) is 10.8 Å². The highest BCUT2D eigenvalue weighted by Crippen LogP contribution is 2.32. The number of nitrogens with zero attached hydrogens (tertiary/aromatic N) is 1. The van der Waals surface area contributed by atoms with Crippen molar-refractivity contribution in [3.8, 4) is 11.5 Å². The second kappa shape index (κ2) is 6.64. The summed E-state index contributed by atoms with van der Waals surface area (Å²) < 4.78 is 5.49. The summed E-state index contributed by atoms with van der Waals surface area (Å²) in [6, 6.07) is 8.59. The number of ether oxygens (including phenoxy) is 1. The molecule has 2 rings (SSSR count). The number of hydrogen-bond acceptors (Lipinski definition) is 4. The van der Waals surface area contributed by atoms with Crippen molar-refractivity contribution >= 4 is 29.2 Å². The first kappa shape index (κ1) is 16.1. The lowest BCUT2D eigenvalue weighted by Crippen LogP contribution is -2.07. The minimum atomic E-state index is -1.27. The zero-order valence-corrected chi connectivity index (χ0v) is 12.5. The second-order valence-electron chi connectivity index (χ2n) is 4.29. The van der Waals surface area contributed by atoms with Crippen LogP contribution in [0.3, 0.4) is 0 Å². The Morgan fingerprint density at radius 1 is 1.23 bits per heavy atom. The molecule has 0 amide bonds. The fourth-order valence-corrected chi connectivity index (χ4v) is 2.23. The molecule has 0 fully saturated rings. The summed E-state index contributed by atoms with van der Waals surface area (Å²) in [4.78, 5) is 21.1. The number of carboxylic acid groups (broad SMARTS) is 1. The van der Waals surface area contributed by atoms with Gasteiger partial charge in [-0.05, 0) is 36.4 Å². The number of carbonyl (C=O) groups is 1. The lowest BCUT2D eigenvalue weighted by molar-refractivity contribution is -0.496. The van der Waals surface area contributed by atoms with Crippen LogP contribution in [0.1, 0.15) is 15.9 Å². The van der Waals surface area contributed by atoms with Gasteiger partial charge in [0.25, 0.3) is 0 Å². The average molecular weight is 342 g/mol. The molecule has 22 heavy (non-hydrogen) atoms. The zero-order valence-electron chi connectivity index (χ0n) is 11.0. The van der Waals surface area contributed by atoms with Crippen molar-refractivity contribution in [2.24, 2.45) is 0 Å². The first-order valence-corrected chi connectivity index (χ1v) is 6.73. The SMILES string of the molecule is O=C(O)c1cc(Oc2ccc(Cl)cc2Cl)ccc1C[N+](=O)[O-]. The number of hydrogen-bond donors (Lipinski definition) is 1. The molecule has 0 aromatic heterocycles. The van der Waals surface area contributed by atoms with Crippen molar-refractivity contribution in [3.63, 3.8) is 0 Å². The summed E-state index contributed by atoms with van der Waals surface area (Å²) in [6.45, 7) is -0.580. The molecule has 0 aliphatic carbocycles. The van der Waals surface area contributed by atoms with Crippen molar-refractivity contribution < 1.29 is 19.6 Å². The topological polar surface area (TPSA) is 89.7 Å². The fourth-order valence-electron chi connectivity index (χ4n) is 1.78. The Hall–Kier alpha value is -2.31. The van der Waals surface area contributed by atoms with Gasteiger partial charge in [0.2, 0.25) is 6.54 Å². The van der Waals surface area contributed by atoms with Gasteiger partial charge in [-0.3, -0.25) is 10.1 Å². The van der Waals surface area contributed by atoms with Crippen LogP contribution in [0.4, 0.5) is 0 Å². The van der Waals surface area contributed by atoms with Crippen molar-refractivity contribution in [2.45, 2.75) is 6.54 Å². The predicted molar refractivity (Wildman–Crippen MR) is 80.6 cm³/mol. The quantitative estimate of drug-likeness (QED) is 0.648. The highest BCUT2D eigenvalue weighted by molar-refractivity contribution is 6.35. The first-order valence-electron chi connectivity index (χ1n) is 5.97. The van der Waals surface area contributed by atoms with E-state index in [4.69, 9.17) is 33.0 Å². The molecular formula is C14H9Cl2NO5. The summed E-state index contributed by atoms with van der Waals surface area (Å²) in [5.74, 6) is -0.775. The zero-order chi connectivity index (χ0) is 16.3. The van der Waals surface area contributed by atoms with Gasteiger partial charge in [-0.15, -0.1) is 0 Å². The molecule has 2 aromatic rings. The van der Waals surface area contributed by atoms with Gasteiger partial charge in [0.15, 0.2) is 0 Å². The van der Waals surface area contributed by atoms with E-state index in [2.05, 4.69) is 0 Å². The van der Waals surface area contributed by atoms with Crippen molar-refractivity contribution in [2.75, 3.05) is 0 Å². The molecule has 2 aromatic carbocycles. The standard InChI is InChI=1S/C14H9Cl2NO5/c15-9-2-4-13(12(16)5-9)22-10-3-1-8(7-17(20)21)11(6-10)14(18)19/h1-6H,7H2,(H,18,19). The van der Waals surface area contributed by atoms with Crippen LogP contribution in [0.15, 0.2) is 36.4 Å². The second-order valence-corrected chi connectivity index (χ2v) is 5.14. The van der Waals surface area contributed by atoms with E-state index in [9.17, 15) is 14.9 Å². The van der Waals surface area contributed by atoms with Crippen LogP contribution in [0.25, 0.3) is 0 Å². The van der Waals surface area contributed by atoms with E-state index in [1.54, 1.807) is 6.07 Å². The van der Waals surface area contributed by atoms with E-state index < -0.39 is 17.4 Å². The molecule has 0 unspecified atom stereocenters. The average Bonchev–Trinajstić information content (AvgIpc) is 2.42. The Labute approximate surface area is 135 Å². The van der Waals surface area contributed by atoms with Gasteiger partial charge >= 0.3 is 5.97 Å². The van der Waals surface area contributed by atoms with Crippen LogP contribution in [0.5, 0.6) is 11.5 Å². The number of carboxylic acids is 1. The summed E-state index contributed by atoms with van der Waals surface area (Å²) in [5, 5.41) is 20.4. The maximum Gasteiger partial charge on any atom is 0.336 e. The van der Waals surface area contributed by atoms with Crippen LogP contribution >= 0.6 is 23.2 Å². The molecule has 0 spiro atoms. The molecule has 0 radical (unpaired) electrons. The highest BCUT2D eigenvalue weighted by Gasteiger charge is 2.16. The van der Waals surface area contributed by atoms with E-state index in [0.717, 1.165) is 0 Å². The number of aromatic carboxylic acids is 1. The Balaban J connectivity index is 2.34. The van der Waals surface area contributed by atoms with Crippen molar-refractivity contribution in [1.29, 1.82) is 0 Å². The van der Waals surface area contributed by atoms with Crippen LogP contribution in [-0.2, 0) is 6.54 Å². The van der Waals surface area contributed by atoms with Gasteiger partial charge in [-0.2, -0.15) is 0 Å². The first-order chi connectivity index (χ1) is 10.4. The molecule has 0 saturated heterocycles. The smallest absolute Gasteiger partial charge is 0.336 e. The molecule has 0 aliphatic heterocycles. The Morgan fingerprint density at radius 3 is 2.55 bits per heavy atom. The highest BCUT2D eigenvalue weighted by atomic mass is 35.5. The maximum atomic E-state index is 11.2. The third kappa shape index (κ3) is 3.87. The van der Waals surface area contributed by atoms with Crippen molar-refractivity contribution in [3.05, 3.63) is 67.7 Å². The molecular weight excluding hydrogens is 333 g/mol. The van der Waals surface area contributed by atoms with Crippen molar-refractivity contribution in [1.82, 2.24) is 0 Å². The Bertz CT molecular complexity index is 748. The molecule has 0 heterocycles. The fraction of sp³-hybridized carbons (Fsp3) is 0.0714. The molecule has 114 valence electrons. The molecule has 1 N–H and O–H groups in total. The molecule has 0 saturated carbocycles.